The number of carbonyl (C=O) groups excluding carboxylic acids is 1. The summed E-state index contributed by atoms with van der Waals surface area (Å²) in [6.45, 7) is 5.42. The Morgan fingerprint density at radius 2 is 1.74 bits per heavy atom. The molecule has 2 aromatic rings. The fourth-order valence-electron chi connectivity index (χ4n) is 2.18. The van der Waals surface area contributed by atoms with Crippen LogP contribution in [0.1, 0.15) is 32.6 Å². The Balaban J connectivity index is 2.59. The third-order valence-corrected chi connectivity index (χ3v) is 3.60. The molecule has 2 aromatic carbocycles. The molecule has 0 N–H and O–H groups in total. The van der Waals surface area contributed by atoms with Crippen LogP contribution in [0.15, 0.2) is 34.8 Å². The van der Waals surface area contributed by atoms with Crippen molar-refractivity contribution in [1.29, 1.82) is 0 Å². The van der Waals surface area contributed by atoms with Crippen molar-refractivity contribution >= 4 is 21.7 Å². The van der Waals surface area contributed by atoms with Crippen LogP contribution in [0.25, 0.3) is 0 Å². The van der Waals surface area contributed by atoms with E-state index in [-0.39, 0.29) is 11.3 Å². The van der Waals surface area contributed by atoms with Crippen molar-refractivity contribution < 1.29 is 9.18 Å². The maximum absolute atomic E-state index is 14.0. The number of rotatable bonds is 2. The number of hydrogen-bond donors (Lipinski definition) is 0. The van der Waals surface area contributed by atoms with Gasteiger partial charge in [-0.15, -0.1) is 0 Å². The van der Waals surface area contributed by atoms with Crippen LogP contribution < -0.4 is 0 Å². The van der Waals surface area contributed by atoms with Gasteiger partial charge in [-0.2, -0.15) is 0 Å². The Morgan fingerprint density at radius 1 is 1.05 bits per heavy atom. The van der Waals surface area contributed by atoms with Crippen molar-refractivity contribution in [2.75, 3.05) is 0 Å². The lowest BCUT2D eigenvalue weighted by Gasteiger charge is -2.10. The van der Waals surface area contributed by atoms with Crippen LogP contribution in [0.4, 0.5) is 4.39 Å². The molecule has 98 valence electrons. The zero-order chi connectivity index (χ0) is 14.2. The number of benzene rings is 2. The van der Waals surface area contributed by atoms with Crippen LogP contribution in [0.5, 0.6) is 0 Å². The van der Waals surface area contributed by atoms with Gasteiger partial charge >= 0.3 is 0 Å². The molecular weight excluding hydrogens is 307 g/mol. The minimum absolute atomic E-state index is 0.159. The van der Waals surface area contributed by atoms with Crippen LogP contribution in [-0.2, 0) is 0 Å². The molecule has 0 radical (unpaired) electrons. The van der Waals surface area contributed by atoms with E-state index in [0.29, 0.717) is 11.1 Å². The quantitative estimate of drug-likeness (QED) is 0.730. The molecule has 0 aliphatic heterocycles. The van der Waals surface area contributed by atoms with Crippen LogP contribution in [0, 0.1) is 26.6 Å². The third kappa shape index (κ3) is 2.76. The summed E-state index contributed by atoms with van der Waals surface area (Å²) >= 11 is 3.34. The van der Waals surface area contributed by atoms with Crippen LogP contribution >= 0.6 is 15.9 Å². The zero-order valence-corrected chi connectivity index (χ0v) is 12.6. The van der Waals surface area contributed by atoms with Crippen molar-refractivity contribution in [3.05, 3.63) is 68.4 Å². The fourth-order valence-corrected chi connectivity index (χ4v) is 2.54. The normalized spacial score (nSPS) is 10.6. The second kappa shape index (κ2) is 5.25. The molecule has 0 aromatic heterocycles. The molecule has 0 unspecified atom stereocenters. The number of aryl methyl sites for hydroxylation is 3. The van der Waals surface area contributed by atoms with E-state index < -0.39 is 5.82 Å². The van der Waals surface area contributed by atoms with Crippen molar-refractivity contribution in [2.24, 2.45) is 0 Å². The Morgan fingerprint density at radius 3 is 2.37 bits per heavy atom. The maximum Gasteiger partial charge on any atom is 0.196 e. The molecule has 0 bridgehead atoms. The van der Waals surface area contributed by atoms with Crippen molar-refractivity contribution in [1.82, 2.24) is 0 Å². The molecule has 0 atom stereocenters. The molecule has 19 heavy (non-hydrogen) atoms. The summed E-state index contributed by atoms with van der Waals surface area (Å²) in [5.41, 5.74) is 3.01. The van der Waals surface area contributed by atoms with Gasteiger partial charge in [0.15, 0.2) is 5.78 Å². The monoisotopic (exact) mass is 320 g/mol. The molecule has 1 nitrogen and oxygen atoms in total. The standard InChI is InChI=1S/C16H14BrFO/c1-9-6-11(3)15(14(18)7-9)16(19)13-8-12(17)5-4-10(13)2/h4-8H,1-3H3. The Hall–Kier alpha value is -1.48. The number of halogens is 2. The average molecular weight is 321 g/mol. The predicted molar refractivity (Wildman–Crippen MR) is 78.2 cm³/mol. The van der Waals surface area contributed by atoms with Gasteiger partial charge in [-0.3, -0.25) is 4.79 Å². The zero-order valence-electron chi connectivity index (χ0n) is 11.1. The molecule has 0 heterocycles. The highest BCUT2D eigenvalue weighted by atomic mass is 79.9. The topological polar surface area (TPSA) is 17.1 Å². The summed E-state index contributed by atoms with van der Waals surface area (Å²) in [5.74, 6) is -0.726. The second-order valence-corrected chi connectivity index (χ2v) is 5.64. The van der Waals surface area contributed by atoms with E-state index in [4.69, 9.17) is 0 Å². The average Bonchev–Trinajstić information content (AvgIpc) is 2.30. The van der Waals surface area contributed by atoms with Gasteiger partial charge in [0, 0.05) is 10.0 Å². The van der Waals surface area contributed by atoms with E-state index in [0.717, 1.165) is 15.6 Å². The fraction of sp³-hybridized carbons (Fsp3) is 0.188. The van der Waals surface area contributed by atoms with E-state index in [9.17, 15) is 9.18 Å². The van der Waals surface area contributed by atoms with Gasteiger partial charge in [0.25, 0.3) is 0 Å². The summed E-state index contributed by atoms with van der Waals surface area (Å²) in [7, 11) is 0. The minimum atomic E-state index is -0.457. The Labute approximate surface area is 120 Å². The minimum Gasteiger partial charge on any atom is -0.288 e. The first-order valence-electron chi connectivity index (χ1n) is 5.97. The van der Waals surface area contributed by atoms with E-state index in [1.807, 2.05) is 32.0 Å². The summed E-state index contributed by atoms with van der Waals surface area (Å²) in [6.07, 6.45) is 0. The Kier molecular flexibility index (Phi) is 3.85. The largest absolute Gasteiger partial charge is 0.288 e. The third-order valence-electron chi connectivity index (χ3n) is 3.10. The van der Waals surface area contributed by atoms with Gasteiger partial charge in [-0.05, 0) is 55.7 Å². The second-order valence-electron chi connectivity index (χ2n) is 4.73. The molecule has 0 saturated carbocycles. The maximum atomic E-state index is 14.0. The lowest BCUT2D eigenvalue weighted by molar-refractivity contribution is 0.103. The van der Waals surface area contributed by atoms with E-state index in [2.05, 4.69) is 15.9 Å². The van der Waals surface area contributed by atoms with Gasteiger partial charge in [-0.1, -0.05) is 28.1 Å². The highest BCUT2D eigenvalue weighted by Crippen LogP contribution is 2.23. The molecule has 0 saturated heterocycles. The van der Waals surface area contributed by atoms with Gasteiger partial charge < -0.3 is 0 Å². The van der Waals surface area contributed by atoms with Crippen LogP contribution in [0.2, 0.25) is 0 Å². The van der Waals surface area contributed by atoms with E-state index >= 15 is 0 Å². The van der Waals surface area contributed by atoms with Gasteiger partial charge in [0.05, 0.1) is 5.56 Å². The molecular formula is C16H14BrFO. The molecule has 0 aliphatic rings. The van der Waals surface area contributed by atoms with E-state index in [1.54, 1.807) is 13.0 Å². The SMILES string of the molecule is Cc1cc(C)c(C(=O)c2cc(Br)ccc2C)c(F)c1. The summed E-state index contributed by atoms with van der Waals surface area (Å²) in [5, 5.41) is 0. The first-order valence-corrected chi connectivity index (χ1v) is 6.77. The summed E-state index contributed by atoms with van der Waals surface area (Å²) in [4.78, 5) is 12.5. The van der Waals surface area contributed by atoms with Crippen LogP contribution in [-0.4, -0.2) is 5.78 Å². The van der Waals surface area contributed by atoms with E-state index in [1.165, 1.54) is 6.07 Å². The van der Waals surface area contributed by atoms with Crippen molar-refractivity contribution in [3.63, 3.8) is 0 Å². The Bertz CT molecular complexity index is 639. The lowest BCUT2D eigenvalue weighted by Crippen LogP contribution is -2.09. The van der Waals surface area contributed by atoms with Crippen molar-refractivity contribution in [2.45, 2.75) is 20.8 Å². The molecule has 0 aliphatic carbocycles. The molecule has 3 heteroatoms. The van der Waals surface area contributed by atoms with Gasteiger partial charge in [-0.25, -0.2) is 4.39 Å². The number of hydrogen-bond acceptors (Lipinski definition) is 1. The van der Waals surface area contributed by atoms with Gasteiger partial charge in [0.2, 0.25) is 0 Å². The number of carbonyl (C=O) groups is 1. The lowest BCUT2D eigenvalue weighted by atomic mass is 9.94. The smallest absolute Gasteiger partial charge is 0.196 e. The predicted octanol–water partition coefficient (Wildman–Crippen LogP) is 4.74. The highest BCUT2D eigenvalue weighted by molar-refractivity contribution is 9.10. The number of ketones is 1. The summed E-state index contributed by atoms with van der Waals surface area (Å²) in [6, 6.07) is 8.66. The molecule has 0 amide bonds. The molecule has 0 fully saturated rings. The first-order chi connectivity index (χ1) is 8.90. The van der Waals surface area contributed by atoms with Crippen LogP contribution in [0.3, 0.4) is 0 Å². The molecule has 0 spiro atoms. The summed E-state index contributed by atoms with van der Waals surface area (Å²) < 4.78 is 14.9. The van der Waals surface area contributed by atoms with Crippen molar-refractivity contribution in [3.8, 4) is 0 Å². The van der Waals surface area contributed by atoms with Gasteiger partial charge in [0.1, 0.15) is 5.82 Å². The molecule has 2 rings (SSSR count). The first kappa shape index (κ1) is 13.9. The highest BCUT2D eigenvalue weighted by Gasteiger charge is 2.19.